The molecule has 1 fully saturated rings. The van der Waals surface area contributed by atoms with E-state index in [1.165, 1.54) is 0 Å². The lowest BCUT2D eigenvalue weighted by molar-refractivity contribution is -0.159. The van der Waals surface area contributed by atoms with E-state index in [0.29, 0.717) is 12.6 Å². The summed E-state index contributed by atoms with van der Waals surface area (Å²) in [6.45, 7) is 3.74. The average molecular weight is 339 g/mol. The molecular weight excluding hydrogens is 318 g/mol. The van der Waals surface area contributed by atoms with E-state index < -0.39 is 11.9 Å². The number of piperidine rings is 1. The number of rotatable bonds is 3. The molecule has 24 heavy (non-hydrogen) atoms. The van der Waals surface area contributed by atoms with Gasteiger partial charge in [0, 0.05) is 25.3 Å². The number of nitrogens with zero attached hydrogens (tertiary/aromatic N) is 2. The van der Waals surface area contributed by atoms with E-state index in [0.717, 1.165) is 31.7 Å². The quantitative estimate of drug-likeness (QED) is 0.702. The molecule has 0 aliphatic carbocycles. The third-order valence-corrected chi connectivity index (χ3v) is 3.22. The molecule has 0 unspecified atom stereocenters. The van der Waals surface area contributed by atoms with Gasteiger partial charge in [0.2, 0.25) is 0 Å². The molecule has 1 aromatic heterocycles. The predicted molar refractivity (Wildman–Crippen MR) is 84.7 cm³/mol. The minimum Gasteiger partial charge on any atom is -0.473 e. The van der Waals surface area contributed by atoms with Gasteiger partial charge >= 0.3 is 18.0 Å². The van der Waals surface area contributed by atoms with Crippen molar-refractivity contribution < 1.29 is 29.3 Å². The van der Waals surface area contributed by atoms with Crippen LogP contribution >= 0.6 is 0 Å². The number of hydrogen-bond donors (Lipinski definition) is 3. The monoisotopic (exact) mass is 339 g/mol. The highest BCUT2D eigenvalue weighted by Crippen LogP contribution is 2.15. The Bertz CT molecular complexity index is 531. The Morgan fingerprint density at radius 2 is 1.88 bits per heavy atom. The Hall–Kier alpha value is -2.84. The van der Waals surface area contributed by atoms with E-state index in [1.54, 1.807) is 11.1 Å². The Morgan fingerprint density at radius 1 is 1.25 bits per heavy atom. The topological polar surface area (TPSA) is 129 Å². The van der Waals surface area contributed by atoms with Gasteiger partial charge in [-0.05, 0) is 31.9 Å². The zero-order valence-corrected chi connectivity index (χ0v) is 13.3. The van der Waals surface area contributed by atoms with Crippen molar-refractivity contribution in [1.82, 2.24) is 9.88 Å². The molecule has 9 nitrogen and oxygen atoms in total. The van der Waals surface area contributed by atoms with Crippen molar-refractivity contribution in [3.63, 3.8) is 0 Å². The van der Waals surface area contributed by atoms with Crippen molar-refractivity contribution >= 4 is 23.8 Å². The molecule has 9 heteroatoms. The standard InChI is InChI=1S/C13H19N3O2.C2H2O4/c1-2-18-13(17)16-9-6-11(7-10-16)15-12-5-3-4-8-14-12;3-1(4)2(5)6/h3-5,8,11H,2,6-7,9-10H2,1H3,(H,14,15);(H,3,4)(H,5,6). The number of likely N-dealkylation sites (tertiary alicyclic amines) is 1. The largest absolute Gasteiger partial charge is 0.473 e. The number of carboxylic acids is 2. The van der Waals surface area contributed by atoms with Crippen LogP contribution in [0.1, 0.15) is 19.8 Å². The molecule has 0 atom stereocenters. The van der Waals surface area contributed by atoms with Gasteiger partial charge in [-0.1, -0.05) is 6.07 Å². The number of hydrogen-bond acceptors (Lipinski definition) is 6. The van der Waals surface area contributed by atoms with Crippen LogP contribution in [0.4, 0.5) is 10.6 Å². The zero-order chi connectivity index (χ0) is 17.9. The number of aromatic nitrogens is 1. The first-order valence-electron chi connectivity index (χ1n) is 7.49. The summed E-state index contributed by atoms with van der Waals surface area (Å²) in [5.74, 6) is -2.75. The molecule has 1 saturated heterocycles. The summed E-state index contributed by atoms with van der Waals surface area (Å²) in [7, 11) is 0. The lowest BCUT2D eigenvalue weighted by Crippen LogP contribution is -2.42. The molecule has 0 saturated carbocycles. The summed E-state index contributed by atoms with van der Waals surface area (Å²) in [5, 5.41) is 18.2. The lowest BCUT2D eigenvalue weighted by atomic mass is 10.1. The van der Waals surface area contributed by atoms with E-state index in [1.807, 2.05) is 25.1 Å². The average Bonchev–Trinajstić information content (AvgIpc) is 2.57. The minimum atomic E-state index is -1.82. The third kappa shape index (κ3) is 6.95. The number of anilines is 1. The molecule has 3 N–H and O–H groups in total. The first-order valence-corrected chi connectivity index (χ1v) is 7.49. The van der Waals surface area contributed by atoms with Crippen LogP contribution in [-0.4, -0.2) is 63.9 Å². The van der Waals surface area contributed by atoms with Gasteiger partial charge in [-0.3, -0.25) is 0 Å². The predicted octanol–water partition coefficient (Wildman–Crippen LogP) is 1.27. The van der Waals surface area contributed by atoms with Crippen LogP contribution in [0.15, 0.2) is 24.4 Å². The first-order chi connectivity index (χ1) is 11.4. The van der Waals surface area contributed by atoms with Crippen molar-refractivity contribution in [2.45, 2.75) is 25.8 Å². The molecule has 0 radical (unpaired) electrons. The molecule has 1 aliphatic rings. The van der Waals surface area contributed by atoms with Crippen LogP contribution in [0, 0.1) is 0 Å². The molecule has 1 aromatic rings. The van der Waals surface area contributed by atoms with E-state index in [9.17, 15) is 4.79 Å². The minimum absolute atomic E-state index is 0.200. The molecular formula is C15H21N3O6. The fourth-order valence-electron chi connectivity index (χ4n) is 2.08. The Morgan fingerprint density at radius 3 is 2.33 bits per heavy atom. The molecule has 1 aliphatic heterocycles. The summed E-state index contributed by atoms with van der Waals surface area (Å²) < 4.78 is 4.99. The van der Waals surface area contributed by atoms with Gasteiger partial charge in [0.05, 0.1) is 6.61 Å². The fourth-order valence-corrected chi connectivity index (χ4v) is 2.08. The van der Waals surface area contributed by atoms with Crippen LogP contribution in [0.5, 0.6) is 0 Å². The number of pyridine rings is 1. The maximum Gasteiger partial charge on any atom is 0.414 e. The second kappa shape index (κ2) is 10.0. The van der Waals surface area contributed by atoms with Gasteiger partial charge in [-0.25, -0.2) is 19.4 Å². The fraction of sp³-hybridized carbons (Fsp3) is 0.467. The highest BCUT2D eigenvalue weighted by molar-refractivity contribution is 6.27. The van der Waals surface area contributed by atoms with Crippen LogP contribution in [-0.2, 0) is 14.3 Å². The normalized spacial score (nSPS) is 14.1. The Labute approximate surface area is 139 Å². The van der Waals surface area contributed by atoms with Crippen LogP contribution in [0.25, 0.3) is 0 Å². The molecule has 2 heterocycles. The first kappa shape index (κ1) is 19.2. The Kier molecular flexibility index (Phi) is 8.03. The maximum atomic E-state index is 11.5. The van der Waals surface area contributed by atoms with E-state index >= 15 is 0 Å². The molecule has 132 valence electrons. The van der Waals surface area contributed by atoms with Crippen molar-refractivity contribution in [3.05, 3.63) is 24.4 Å². The SMILES string of the molecule is CCOC(=O)N1CCC(Nc2ccccn2)CC1.O=C(O)C(=O)O. The van der Waals surface area contributed by atoms with E-state index in [4.69, 9.17) is 24.5 Å². The highest BCUT2D eigenvalue weighted by Gasteiger charge is 2.23. The van der Waals surface area contributed by atoms with Crippen molar-refractivity contribution in [2.75, 3.05) is 25.0 Å². The summed E-state index contributed by atoms with van der Waals surface area (Å²) in [6, 6.07) is 6.19. The number of amides is 1. The lowest BCUT2D eigenvalue weighted by Gasteiger charge is -2.31. The molecule has 0 aromatic carbocycles. The molecule has 2 rings (SSSR count). The molecule has 0 bridgehead atoms. The molecule has 0 spiro atoms. The van der Waals surface area contributed by atoms with E-state index in [-0.39, 0.29) is 6.09 Å². The third-order valence-electron chi connectivity index (χ3n) is 3.22. The highest BCUT2D eigenvalue weighted by atomic mass is 16.6. The summed E-state index contributed by atoms with van der Waals surface area (Å²) in [5.41, 5.74) is 0. The second-order valence-electron chi connectivity index (χ2n) is 4.93. The van der Waals surface area contributed by atoms with Gasteiger partial charge < -0.3 is 25.2 Å². The van der Waals surface area contributed by atoms with E-state index in [2.05, 4.69) is 10.3 Å². The van der Waals surface area contributed by atoms with Gasteiger partial charge in [0.25, 0.3) is 0 Å². The van der Waals surface area contributed by atoms with Crippen LogP contribution in [0.2, 0.25) is 0 Å². The summed E-state index contributed by atoms with van der Waals surface area (Å²) in [4.78, 5) is 35.7. The Balaban J connectivity index is 0.000000413. The number of ether oxygens (including phenoxy) is 1. The number of aliphatic carboxylic acids is 2. The van der Waals surface area contributed by atoms with Gasteiger partial charge in [-0.2, -0.15) is 0 Å². The summed E-state index contributed by atoms with van der Waals surface area (Å²) >= 11 is 0. The van der Waals surface area contributed by atoms with Crippen LogP contribution < -0.4 is 5.32 Å². The molecule has 1 amide bonds. The zero-order valence-electron chi connectivity index (χ0n) is 13.3. The van der Waals surface area contributed by atoms with Crippen molar-refractivity contribution in [3.8, 4) is 0 Å². The number of carbonyl (C=O) groups is 3. The van der Waals surface area contributed by atoms with Gasteiger partial charge in [0.1, 0.15) is 5.82 Å². The van der Waals surface area contributed by atoms with Crippen molar-refractivity contribution in [2.24, 2.45) is 0 Å². The number of carboxylic acid groups (broad SMARTS) is 2. The smallest absolute Gasteiger partial charge is 0.414 e. The number of carbonyl (C=O) groups excluding carboxylic acids is 1. The van der Waals surface area contributed by atoms with Gasteiger partial charge in [0.15, 0.2) is 0 Å². The van der Waals surface area contributed by atoms with Crippen LogP contribution in [0.3, 0.4) is 0 Å². The number of nitrogens with one attached hydrogen (secondary N) is 1. The van der Waals surface area contributed by atoms with Gasteiger partial charge in [-0.15, -0.1) is 0 Å². The second-order valence-corrected chi connectivity index (χ2v) is 4.93. The summed E-state index contributed by atoms with van der Waals surface area (Å²) in [6.07, 6.45) is 3.43. The van der Waals surface area contributed by atoms with Crippen molar-refractivity contribution in [1.29, 1.82) is 0 Å². The maximum absolute atomic E-state index is 11.5.